The van der Waals surface area contributed by atoms with Gasteiger partial charge in [-0.3, -0.25) is 0 Å². The van der Waals surface area contributed by atoms with Crippen LogP contribution in [0.15, 0.2) is 23.8 Å². The van der Waals surface area contributed by atoms with E-state index in [1.165, 1.54) is 30.4 Å². The summed E-state index contributed by atoms with van der Waals surface area (Å²) in [7, 11) is 0. The molecule has 0 aliphatic heterocycles. The van der Waals surface area contributed by atoms with E-state index in [0.717, 1.165) is 18.8 Å². The molecule has 1 heteroatoms. The molecule has 16 heavy (non-hydrogen) atoms. The quantitative estimate of drug-likeness (QED) is 0.704. The van der Waals surface area contributed by atoms with Gasteiger partial charge in [0.2, 0.25) is 0 Å². The van der Waals surface area contributed by atoms with Gasteiger partial charge in [0.05, 0.1) is 6.61 Å². The predicted molar refractivity (Wildman–Crippen MR) is 68.2 cm³/mol. The van der Waals surface area contributed by atoms with E-state index < -0.39 is 0 Å². The fraction of sp³-hybridized carbons (Fsp3) is 0.733. The van der Waals surface area contributed by atoms with E-state index in [2.05, 4.69) is 26.5 Å². The molecule has 1 spiro atoms. The molecule has 3 atom stereocenters. The van der Waals surface area contributed by atoms with Gasteiger partial charge in [0, 0.05) is 0 Å². The molecule has 90 valence electrons. The molecule has 1 nitrogen and oxygen atoms in total. The molecular formula is C15H24O. The van der Waals surface area contributed by atoms with Gasteiger partial charge < -0.3 is 5.11 Å². The van der Waals surface area contributed by atoms with Crippen molar-refractivity contribution in [3.05, 3.63) is 23.8 Å². The Balaban J connectivity index is 2.23. The van der Waals surface area contributed by atoms with Crippen molar-refractivity contribution in [2.45, 2.75) is 46.0 Å². The highest BCUT2D eigenvalue weighted by atomic mass is 16.3. The van der Waals surface area contributed by atoms with Crippen LogP contribution < -0.4 is 0 Å². The van der Waals surface area contributed by atoms with Crippen LogP contribution in [-0.4, -0.2) is 11.7 Å². The van der Waals surface area contributed by atoms with E-state index in [4.69, 9.17) is 0 Å². The SMILES string of the molecule is C=C(C)[C@H]1CC[C@H](C)[C@@]12CC=C(CO)CC2. The van der Waals surface area contributed by atoms with Crippen LogP contribution in [0.25, 0.3) is 0 Å². The molecule has 2 aliphatic rings. The first kappa shape index (κ1) is 11.9. The summed E-state index contributed by atoms with van der Waals surface area (Å²) >= 11 is 0. The molecule has 0 aromatic heterocycles. The lowest BCUT2D eigenvalue weighted by Gasteiger charge is -2.42. The van der Waals surface area contributed by atoms with E-state index in [-0.39, 0.29) is 6.61 Å². The summed E-state index contributed by atoms with van der Waals surface area (Å²) in [5.41, 5.74) is 3.07. The van der Waals surface area contributed by atoms with E-state index in [1.807, 2.05) is 0 Å². The van der Waals surface area contributed by atoms with Crippen molar-refractivity contribution in [2.75, 3.05) is 6.61 Å². The first-order valence-corrected chi connectivity index (χ1v) is 6.54. The Morgan fingerprint density at radius 1 is 1.56 bits per heavy atom. The Morgan fingerprint density at radius 2 is 2.31 bits per heavy atom. The molecule has 1 saturated carbocycles. The monoisotopic (exact) mass is 220 g/mol. The highest BCUT2D eigenvalue weighted by Crippen LogP contribution is 2.57. The average Bonchev–Trinajstić information content (AvgIpc) is 2.58. The van der Waals surface area contributed by atoms with Crippen molar-refractivity contribution < 1.29 is 5.11 Å². The van der Waals surface area contributed by atoms with Gasteiger partial charge in [0.15, 0.2) is 0 Å². The third-order valence-electron chi connectivity index (χ3n) is 5.04. The standard InChI is InChI=1S/C15H24O/c1-11(2)14-5-4-12(3)15(14)8-6-13(10-16)7-9-15/h6,12,14,16H,1,4-5,7-10H2,2-3H3/t12-,14+,15-/m0/s1. The van der Waals surface area contributed by atoms with Crippen LogP contribution >= 0.6 is 0 Å². The summed E-state index contributed by atoms with van der Waals surface area (Å²) in [6.45, 7) is 9.04. The van der Waals surface area contributed by atoms with Crippen LogP contribution in [0.5, 0.6) is 0 Å². The molecule has 2 aliphatic carbocycles. The molecule has 2 rings (SSSR count). The third-order valence-corrected chi connectivity index (χ3v) is 5.04. The molecular weight excluding hydrogens is 196 g/mol. The molecule has 0 amide bonds. The lowest BCUT2D eigenvalue weighted by molar-refractivity contribution is 0.138. The molecule has 0 bridgehead atoms. The van der Waals surface area contributed by atoms with E-state index in [9.17, 15) is 5.11 Å². The Morgan fingerprint density at radius 3 is 2.81 bits per heavy atom. The second-order valence-electron chi connectivity index (χ2n) is 5.84. The van der Waals surface area contributed by atoms with Crippen molar-refractivity contribution in [1.29, 1.82) is 0 Å². The summed E-state index contributed by atoms with van der Waals surface area (Å²) in [6.07, 6.45) is 8.45. The van der Waals surface area contributed by atoms with Gasteiger partial charge in [0.1, 0.15) is 0 Å². The minimum atomic E-state index is 0.252. The Labute approximate surface area is 99.3 Å². The second-order valence-corrected chi connectivity index (χ2v) is 5.84. The number of hydrogen-bond acceptors (Lipinski definition) is 1. The van der Waals surface area contributed by atoms with Crippen LogP contribution in [0.4, 0.5) is 0 Å². The largest absolute Gasteiger partial charge is 0.392 e. The highest BCUT2D eigenvalue weighted by molar-refractivity contribution is 5.18. The van der Waals surface area contributed by atoms with Crippen LogP contribution in [0.2, 0.25) is 0 Å². The first-order valence-electron chi connectivity index (χ1n) is 6.54. The smallest absolute Gasteiger partial charge is 0.0641 e. The first-order chi connectivity index (χ1) is 7.60. The molecule has 0 aromatic rings. The van der Waals surface area contributed by atoms with Gasteiger partial charge in [-0.15, -0.1) is 0 Å². The van der Waals surface area contributed by atoms with Crippen molar-refractivity contribution in [2.24, 2.45) is 17.3 Å². The topological polar surface area (TPSA) is 20.2 Å². The Hall–Kier alpha value is -0.560. The fourth-order valence-electron chi connectivity index (χ4n) is 3.91. The number of rotatable bonds is 2. The van der Waals surface area contributed by atoms with Gasteiger partial charge in [-0.2, -0.15) is 0 Å². The molecule has 0 saturated heterocycles. The zero-order valence-electron chi connectivity index (χ0n) is 10.6. The predicted octanol–water partition coefficient (Wildman–Crippen LogP) is 3.70. The van der Waals surface area contributed by atoms with E-state index in [1.54, 1.807) is 0 Å². The highest BCUT2D eigenvalue weighted by Gasteiger charge is 2.47. The average molecular weight is 220 g/mol. The summed E-state index contributed by atoms with van der Waals surface area (Å²) < 4.78 is 0. The van der Waals surface area contributed by atoms with Gasteiger partial charge >= 0.3 is 0 Å². The number of allylic oxidation sites excluding steroid dienone is 2. The van der Waals surface area contributed by atoms with Crippen molar-refractivity contribution in [3.8, 4) is 0 Å². The Bertz CT molecular complexity index is 315. The van der Waals surface area contributed by atoms with Gasteiger partial charge in [-0.25, -0.2) is 0 Å². The minimum absolute atomic E-state index is 0.252. The summed E-state index contributed by atoms with van der Waals surface area (Å²) in [6, 6.07) is 0. The maximum absolute atomic E-state index is 9.18. The van der Waals surface area contributed by atoms with E-state index >= 15 is 0 Å². The fourth-order valence-corrected chi connectivity index (χ4v) is 3.91. The van der Waals surface area contributed by atoms with Crippen LogP contribution in [0.3, 0.4) is 0 Å². The number of aliphatic hydroxyl groups is 1. The maximum atomic E-state index is 9.18. The second kappa shape index (κ2) is 4.37. The molecule has 0 radical (unpaired) electrons. The lowest BCUT2D eigenvalue weighted by Crippen LogP contribution is -2.33. The zero-order chi connectivity index (χ0) is 11.8. The van der Waals surface area contributed by atoms with Gasteiger partial charge in [0.25, 0.3) is 0 Å². The third kappa shape index (κ3) is 1.75. The number of hydrogen-bond donors (Lipinski definition) is 1. The lowest BCUT2D eigenvalue weighted by atomic mass is 9.63. The van der Waals surface area contributed by atoms with Crippen LogP contribution in [0.1, 0.15) is 46.0 Å². The van der Waals surface area contributed by atoms with Crippen molar-refractivity contribution >= 4 is 0 Å². The molecule has 0 heterocycles. The van der Waals surface area contributed by atoms with Crippen molar-refractivity contribution in [3.63, 3.8) is 0 Å². The van der Waals surface area contributed by atoms with Gasteiger partial charge in [-0.05, 0) is 61.9 Å². The summed E-state index contributed by atoms with van der Waals surface area (Å²) in [4.78, 5) is 0. The number of aliphatic hydroxyl groups excluding tert-OH is 1. The Kier molecular flexibility index (Phi) is 3.25. The normalized spacial score (nSPS) is 38.8. The van der Waals surface area contributed by atoms with Gasteiger partial charge in [-0.1, -0.05) is 25.2 Å². The maximum Gasteiger partial charge on any atom is 0.0641 e. The van der Waals surface area contributed by atoms with E-state index in [0.29, 0.717) is 11.3 Å². The molecule has 1 N–H and O–H groups in total. The molecule has 0 aromatic carbocycles. The van der Waals surface area contributed by atoms with Crippen molar-refractivity contribution in [1.82, 2.24) is 0 Å². The minimum Gasteiger partial charge on any atom is -0.392 e. The van der Waals surface area contributed by atoms with Crippen LogP contribution in [-0.2, 0) is 0 Å². The summed E-state index contributed by atoms with van der Waals surface area (Å²) in [5.74, 6) is 1.52. The zero-order valence-corrected chi connectivity index (χ0v) is 10.6. The molecule has 1 fully saturated rings. The summed E-state index contributed by atoms with van der Waals surface area (Å²) in [5, 5.41) is 9.18. The van der Waals surface area contributed by atoms with Crippen LogP contribution in [0, 0.1) is 17.3 Å². The molecule has 0 unspecified atom stereocenters.